The number of rotatable bonds is 5. The number of hydrogen-bond donors (Lipinski definition) is 2. The van der Waals surface area contributed by atoms with Crippen molar-refractivity contribution in [2.45, 2.75) is 13.8 Å². The minimum atomic E-state index is -0.904. The number of carbonyl (C=O) groups excluding carboxylic acids is 2. The summed E-state index contributed by atoms with van der Waals surface area (Å²) in [6.07, 6.45) is 0. The van der Waals surface area contributed by atoms with Crippen molar-refractivity contribution in [3.63, 3.8) is 0 Å². The van der Waals surface area contributed by atoms with Crippen LogP contribution in [-0.2, 0) is 4.79 Å². The van der Waals surface area contributed by atoms with Crippen LogP contribution >= 0.6 is 11.3 Å². The number of carbonyl (C=O) groups is 2. The maximum absolute atomic E-state index is 13.4. The number of anilines is 1. The van der Waals surface area contributed by atoms with E-state index in [4.69, 9.17) is 10.5 Å². The Morgan fingerprint density at radius 2 is 2.00 bits per heavy atom. The zero-order chi connectivity index (χ0) is 17.1. The molecule has 0 fully saturated rings. The number of benzene rings is 1. The molecule has 122 valence electrons. The number of primary amides is 1. The van der Waals surface area contributed by atoms with Crippen LogP contribution in [0.4, 0.5) is 13.8 Å². The standard InChI is InChI=1S/C15H14F2N2O3S/c1-7-8(2)23-15(13(7)14(18)21)19-12(20)6-22-11-4-3-9(16)5-10(11)17/h3-5H,6H2,1-2H3,(H2,18,21)(H,19,20). The van der Waals surface area contributed by atoms with E-state index in [1.807, 2.05) is 0 Å². The molecule has 0 aliphatic rings. The van der Waals surface area contributed by atoms with Crippen molar-refractivity contribution in [2.24, 2.45) is 5.73 Å². The molecule has 8 heteroatoms. The summed E-state index contributed by atoms with van der Waals surface area (Å²) < 4.78 is 31.2. The van der Waals surface area contributed by atoms with Crippen LogP contribution in [0, 0.1) is 25.5 Å². The summed E-state index contributed by atoms with van der Waals surface area (Å²) in [5, 5.41) is 2.83. The van der Waals surface area contributed by atoms with Crippen LogP contribution in [0.1, 0.15) is 20.8 Å². The van der Waals surface area contributed by atoms with Gasteiger partial charge in [-0.05, 0) is 31.5 Å². The van der Waals surface area contributed by atoms with E-state index in [1.54, 1.807) is 13.8 Å². The van der Waals surface area contributed by atoms with E-state index >= 15 is 0 Å². The summed E-state index contributed by atoms with van der Waals surface area (Å²) in [4.78, 5) is 24.2. The van der Waals surface area contributed by atoms with Gasteiger partial charge in [0, 0.05) is 10.9 Å². The van der Waals surface area contributed by atoms with E-state index in [0.29, 0.717) is 16.6 Å². The molecule has 0 aliphatic carbocycles. The minimum Gasteiger partial charge on any atom is -0.481 e. The van der Waals surface area contributed by atoms with E-state index in [1.165, 1.54) is 11.3 Å². The smallest absolute Gasteiger partial charge is 0.262 e. The molecule has 0 atom stereocenters. The third-order valence-electron chi connectivity index (χ3n) is 3.14. The average Bonchev–Trinajstić information content (AvgIpc) is 2.72. The summed E-state index contributed by atoms with van der Waals surface area (Å²) in [7, 11) is 0. The highest BCUT2D eigenvalue weighted by atomic mass is 32.1. The molecule has 1 heterocycles. The summed E-state index contributed by atoms with van der Waals surface area (Å²) in [5.74, 6) is -3.12. The molecule has 0 saturated carbocycles. The van der Waals surface area contributed by atoms with Gasteiger partial charge >= 0.3 is 0 Å². The lowest BCUT2D eigenvalue weighted by Crippen LogP contribution is -2.22. The van der Waals surface area contributed by atoms with Gasteiger partial charge in [0.1, 0.15) is 10.8 Å². The molecule has 0 bridgehead atoms. The second-order valence-corrected chi connectivity index (χ2v) is 5.99. The van der Waals surface area contributed by atoms with Crippen molar-refractivity contribution in [3.05, 3.63) is 45.8 Å². The van der Waals surface area contributed by atoms with Crippen LogP contribution in [-0.4, -0.2) is 18.4 Å². The normalized spacial score (nSPS) is 10.4. The number of thiophene rings is 1. The lowest BCUT2D eigenvalue weighted by Gasteiger charge is -2.08. The molecule has 0 unspecified atom stereocenters. The zero-order valence-electron chi connectivity index (χ0n) is 12.4. The SMILES string of the molecule is Cc1sc(NC(=O)COc2ccc(F)cc2F)c(C(N)=O)c1C. The van der Waals surface area contributed by atoms with E-state index in [0.717, 1.165) is 17.0 Å². The second kappa shape index (κ2) is 6.74. The maximum Gasteiger partial charge on any atom is 0.262 e. The monoisotopic (exact) mass is 340 g/mol. The molecule has 2 amide bonds. The van der Waals surface area contributed by atoms with Crippen molar-refractivity contribution in [1.82, 2.24) is 0 Å². The van der Waals surface area contributed by atoms with Crippen LogP contribution in [0.3, 0.4) is 0 Å². The van der Waals surface area contributed by atoms with E-state index in [9.17, 15) is 18.4 Å². The van der Waals surface area contributed by atoms with Crippen molar-refractivity contribution < 1.29 is 23.1 Å². The van der Waals surface area contributed by atoms with Crippen molar-refractivity contribution in [1.29, 1.82) is 0 Å². The summed E-state index contributed by atoms with van der Waals surface area (Å²) in [6, 6.07) is 2.77. The van der Waals surface area contributed by atoms with Crippen molar-refractivity contribution in [2.75, 3.05) is 11.9 Å². The topological polar surface area (TPSA) is 81.4 Å². The maximum atomic E-state index is 13.4. The molecular weight excluding hydrogens is 326 g/mol. The molecule has 2 aromatic rings. The molecule has 0 saturated heterocycles. The van der Waals surface area contributed by atoms with Crippen LogP contribution in [0.25, 0.3) is 0 Å². The van der Waals surface area contributed by atoms with E-state index in [-0.39, 0.29) is 11.3 Å². The Kier molecular flexibility index (Phi) is 4.95. The molecule has 23 heavy (non-hydrogen) atoms. The molecule has 3 N–H and O–H groups in total. The van der Waals surface area contributed by atoms with Crippen LogP contribution in [0.15, 0.2) is 18.2 Å². The molecule has 1 aromatic heterocycles. The van der Waals surface area contributed by atoms with Gasteiger partial charge in [0.15, 0.2) is 18.2 Å². The first-order chi connectivity index (χ1) is 10.8. The third-order valence-corrected chi connectivity index (χ3v) is 4.26. The molecule has 2 rings (SSSR count). The van der Waals surface area contributed by atoms with E-state index in [2.05, 4.69) is 5.32 Å². The third kappa shape index (κ3) is 3.84. The number of nitrogens with one attached hydrogen (secondary N) is 1. The predicted octanol–water partition coefficient (Wildman–Crippen LogP) is 2.76. The Hall–Kier alpha value is -2.48. The van der Waals surface area contributed by atoms with Gasteiger partial charge in [-0.3, -0.25) is 9.59 Å². The highest BCUT2D eigenvalue weighted by Gasteiger charge is 2.19. The predicted molar refractivity (Wildman–Crippen MR) is 82.8 cm³/mol. The first kappa shape index (κ1) is 16.9. The van der Waals surface area contributed by atoms with Crippen LogP contribution < -0.4 is 15.8 Å². The van der Waals surface area contributed by atoms with Crippen molar-refractivity contribution in [3.8, 4) is 5.75 Å². The minimum absolute atomic E-state index is 0.241. The molecular formula is C15H14F2N2O3S. The van der Waals surface area contributed by atoms with Gasteiger partial charge < -0.3 is 15.8 Å². The Bertz CT molecular complexity index is 774. The number of nitrogens with two attached hydrogens (primary N) is 1. The van der Waals surface area contributed by atoms with Gasteiger partial charge in [-0.15, -0.1) is 11.3 Å². The van der Waals surface area contributed by atoms with Gasteiger partial charge in [-0.1, -0.05) is 0 Å². The first-order valence-electron chi connectivity index (χ1n) is 6.57. The first-order valence-corrected chi connectivity index (χ1v) is 7.38. The van der Waals surface area contributed by atoms with Gasteiger partial charge in [0.2, 0.25) is 0 Å². The molecule has 1 aromatic carbocycles. The van der Waals surface area contributed by atoms with Crippen LogP contribution in [0.2, 0.25) is 0 Å². The van der Waals surface area contributed by atoms with Gasteiger partial charge in [-0.25, -0.2) is 8.78 Å². The van der Waals surface area contributed by atoms with Crippen LogP contribution in [0.5, 0.6) is 5.75 Å². The Morgan fingerprint density at radius 1 is 1.30 bits per heavy atom. The Balaban J connectivity index is 2.06. The molecule has 5 nitrogen and oxygen atoms in total. The summed E-state index contributed by atoms with van der Waals surface area (Å²) >= 11 is 1.21. The average molecular weight is 340 g/mol. The fourth-order valence-corrected chi connectivity index (χ4v) is 2.99. The van der Waals surface area contributed by atoms with Crippen molar-refractivity contribution >= 4 is 28.2 Å². The number of halogens is 2. The number of hydrogen-bond acceptors (Lipinski definition) is 4. The Labute approximate surface area is 135 Å². The highest BCUT2D eigenvalue weighted by Crippen LogP contribution is 2.32. The number of aryl methyl sites for hydroxylation is 1. The zero-order valence-corrected chi connectivity index (χ0v) is 13.2. The highest BCUT2D eigenvalue weighted by molar-refractivity contribution is 7.16. The molecule has 0 spiro atoms. The fraction of sp³-hybridized carbons (Fsp3) is 0.200. The molecule has 0 radical (unpaired) electrons. The van der Waals surface area contributed by atoms with Gasteiger partial charge in [0.05, 0.1) is 5.56 Å². The largest absolute Gasteiger partial charge is 0.481 e. The lowest BCUT2D eigenvalue weighted by molar-refractivity contribution is -0.118. The second-order valence-electron chi connectivity index (χ2n) is 4.76. The fourth-order valence-electron chi connectivity index (χ4n) is 1.91. The Morgan fingerprint density at radius 3 is 2.61 bits per heavy atom. The number of ether oxygens (including phenoxy) is 1. The number of amides is 2. The van der Waals surface area contributed by atoms with Gasteiger partial charge in [0.25, 0.3) is 11.8 Å². The lowest BCUT2D eigenvalue weighted by atomic mass is 10.1. The summed E-state index contributed by atoms with van der Waals surface area (Å²) in [6.45, 7) is 3.04. The van der Waals surface area contributed by atoms with Gasteiger partial charge in [-0.2, -0.15) is 0 Å². The van der Waals surface area contributed by atoms with E-state index < -0.39 is 30.1 Å². The quantitative estimate of drug-likeness (QED) is 0.878. The molecule has 0 aliphatic heterocycles. The summed E-state index contributed by atoms with van der Waals surface area (Å²) in [5.41, 5.74) is 6.25.